The molecule has 0 aliphatic carbocycles. The first-order valence-corrected chi connectivity index (χ1v) is 9.54. The Hall–Kier alpha value is -3.54. The van der Waals surface area contributed by atoms with Crippen LogP contribution in [0.15, 0.2) is 77.4 Å². The van der Waals surface area contributed by atoms with Gasteiger partial charge in [-0.3, -0.25) is 4.79 Å². The van der Waals surface area contributed by atoms with Crippen LogP contribution in [-0.4, -0.2) is 16.8 Å². The molecule has 2 N–H and O–H groups in total. The van der Waals surface area contributed by atoms with E-state index in [1.807, 2.05) is 50.2 Å². The Morgan fingerprint density at radius 3 is 2.28 bits per heavy atom. The number of furan rings is 1. The number of urea groups is 1. The van der Waals surface area contributed by atoms with E-state index >= 15 is 0 Å². The molecule has 0 spiro atoms. The maximum absolute atomic E-state index is 13.0. The molecule has 29 heavy (non-hydrogen) atoms. The van der Waals surface area contributed by atoms with Crippen LogP contribution in [0.2, 0.25) is 0 Å². The molecule has 0 saturated carbocycles. The van der Waals surface area contributed by atoms with Gasteiger partial charge in [-0.2, -0.15) is 0 Å². The van der Waals surface area contributed by atoms with Gasteiger partial charge in [-0.05, 0) is 35.9 Å². The largest absolute Gasteiger partial charge is 0.467 e. The van der Waals surface area contributed by atoms with E-state index in [0.29, 0.717) is 30.2 Å². The predicted molar refractivity (Wildman–Crippen MR) is 113 cm³/mol. The molecule has 0 radical (unpaired) electrons. The number of hydrogen-bond donors (Lipinski definition) is 2. The van der Waals surface area contributed by atoms with E-state index in [0.717, 1.165) is 5.56 Å². The monoisotopic (exact) mass is 391 g/mol. The standard InChI is InChI=1S/C23H25N3O3/c1-17(2)22(27)24-19-10-6-11-20(14-19)25-23(28)26(16-21-12-7-13-29-21)15-18-8-4-3-5-9-18/h3-14,17H,15-16H2,1-2H3,(H,24,27)(H,25,28). The van der Waals surface area contributed by atoms with E-state index in [1.165, 1.54) is 0 Å². The van der Waals surface area contributed by atoms with Crippen molar-refractivity contribution in [3.63, 3.8) is 0 Å². The molecule has 0 bridgehead atoms. The zero-order chi connectivity index (χ0) is 20.6. The number of benzene rings is 2. The highest BCUT2D eigenvalue weighted by Gasteiger charge is 2.16. The fourth-order valence-corrected chi connectivity index (χ4v) is 2.76. The molecule has 150 valence electrons. The second-order valence-corrected chi connectivity index (χ2v) is 7.08. The molecule has 0 fully saturated rings. The summed E-state index contributed by atoms with van der Waals surface area (Å²) >= 11 is 0. The van der Waals surface area contributed by atoms with Crippen molar-refractivity contribution >= 4 is 23.3 Å². The quantitative estimate of drug-likeness (QED) is 0.588. The normalized spacial score (nSPS) is 10.6. The summed E-state index contributed by atoms with van der Waals surface area (Å²) in [7, 11) is 0. The molecule has 3 amide bonds. The lowest BCUT2D eigenvalue weighted by atomic mass is 10.2. The third-order valence-corrected chi connectivity index (χ3v) is 4.34. The number of rotatable bonds is 7. The number of anilines is 2. The van der Waals surface area contributed by atoms with Crippen LogP contribution >= 0.6 is 0 Å². The first-order valence-electron chi connectivity index (χ1n) is 9.54. The summed E-state index contributed by atoms with van der Waals surface area (Å²) in [6.07, 6.45) is 1.59. The van der Waals surface area contributed by atoms with Crippen LogP contribution in [0, 0.1) is 5.92 Å². The Kier molecular flexibility index (Phi) is 6.68. The van der Waals surface area contributed by atoms with Crippen molar-refractivity contribution in [2.45, 2.75) is 26.9 Å². The Bertz CT molecular complexity index is 937. The third-order valence-electron chi connectivity index (χ3n) is 4.34. The predicted octanol–water partition coefficient (Wildman–Crippen LogP) is 5.11. The SMILES string of the molecule is CC(C)C(=O)Nc1cccc(NC(=O)N(Cc2ccccc2)Cc2ccco2)c1. The van der Waals surface area contributed by atoms with Crippen molar-refractivity contribution in [3.05, 3.63) is 84.3 Å². The average molecular weight is 391 g/mol. The van der Waals surface area contributed by atoms with E-state index in [2.05, 4.69) is 10.6 Å². The molecule has 0 aliphatic heterocycles. The maximum Gasteiger partial charge on any atom is 0.322 e. The highest BCUT2D eigenvalue weighted by Crippen LogP contribution is 2.18. The maximum atomic E-state index is 13.0. The van der Waals surface area contributed by atoms with Gasteiger partial charge in [0.2, 0.25) is 5.91 Å². The van der Waals surface area contributed by atoms with Crippen molar-refractivity contribution in [1.29, 1.82) is 0 Å². The minimum Gasteiger partial charge on any atom is -0.467 e. The van der Waals surface area contributed by atoms with Gasteiger partial charge < -0.3 is 20.0 Å². The third kappa shape index (κ3) is 5.97. The number of hydrogen-bond acceptors (Lipinski definition) is 3. The van der Waals surface area contributed by atoms with E-state index in [-0.39, 0.29) is 17.9 Å². The van der Waals surface area contributed by atoms with Crippen LogP contribution < -0.4 is 10.6 Å². The van der Waals surface area contributed by atoms with E-state index < -0.39 is 0 Å². The van der Waals surface area contributed by atoms with Crippen molar-refractivity contribution in [2.24, 2.45) is 5.92 Å². The molecule has 3 rings (SSSR count). The minimum absolute atomic E-state index is 0.0722. The summed E-state index contributed by atoms with van der Waals surface area (Å²) in [6.45, 7) is 4.45. The van der Waals surface area contributed by atoms with E-state index in [9.17, 15) is 9.59 Å². The highest BCUT2D eigenvalue weighted by atomic mass is 16.3. The van der Waals surface area contributed by atoms with E-state index in [1.54, 1.807) is 41.5 Å². The van der Waals surface area contributed by atoms with Gasteiger partial charge >= 0.3 is 6.03 Å². The summed E-state index contributed by atoms with van der Waals surface area (Å²) in [4.78, 5) is 26.6. The molecule has 0 atom stereocenters. The van der Waals surface area contributed by atoms with Crippen LogP contribution in [0.25, 0.3) is 0 Å². The first-order chi connectivity index (χ1) is 14.0. The van der Waals surface area contributed by atoms with Gasteiger partial charge in [0.25, 0.3) is 0 Å². The number of carbonyl (C=O) groups excluding carboxylic acids is 2. The number of carbonyl (C=O) groups is 2. The fraction of sp³-hybridized carbons (Fsp3) is 0.217. The second kappa shape index (κ2) is 9.59. The molecule has 0 unspecified atom stereocenters. The van der Waals surface area contributed by atoms with E-state index in [4.69, 9.17) is 4.42 Å². The number of nitrogens with zero attached hydrogens (tertiary/aromatic N) is 1. The topological polar surface area (TPSA) is 74.6 Å². The lowest BCUT2D eigenvalue weighted by Crippen LogP contribution is -2.34. The van der Waals surface area contributed by atoms with Crippen LogP contribution in [0.4, 0.5) is 16.2 Å². The zero-order valence-electron chi connectivity index (χ0n) is 16.6. The highest BCUT2D eigenvalue weighted by molar-refractivity contribution is 5.94. The molecule has 1 aromatic heterocycles. The van der Waals surface area contributed by atoms with Gasteiger partial charge in [-0.15, -0.1) is 0 Å². The summed E-state index contributed by atoms with van der Waals surface area (Å²) in [5, 5.41) is 5.75. The van der Waals surface area contributed by atoms with Gasteiger partial charge in [0.1, 0.15) is 5.76 Å². The molecule has 1 heterocycles. The van der Waals surface area contributed by atoms with Crippen LogP contribution in [0.3, 0.4) is 0 Å². The molecular formula is C23H25N3O3. The Morgan fingerprint density at radius 2 is 1.62 bits per heavy atom. The fourth-order valence-electron chi connectivity index (χ4n) is 2.76. The molecule has 0 aliphatic rings. The van der Waals surface area contributed by atoms with Gasteiger partial charge in [0.15, 0.2) is 0 Å². The van der Waals surface area contributed by atoms with Crippen LogP contribution in [0.1, 0.15) is 25.2 Å². The van der Waals surface area contributed by atoms with Crippen LogP contribution in [-0.2, 0) is 17.9 Å². The average Bonchev–Trinajstić information content (AvgIpc) is 3.21. The van der Waals surface area contributed by atoms with Crippen molar-refractivity contribution in [1.82, 2.24) is 4.90 Å². The Morgan fingerprint density at radius 1 is 0.897 bits per heavy atom. The summed E-state index contributed by atoms with van der Waals surface area (Å²) in [6, 6.07) is 20.3. The van der Waals surface area contributed by atoms with Gasteiger partial charge in [0, 0.05) is 23.8 Å². The Labute approximate surface area is 170 Å². The number of amides is 3. The summed E-state index contributed by atoms with van der Waals surface area (Å²) < 4.78 is 5.42. The first kappa shape index (κ1) is 20.2. The van der Waals surface area contributed by atoms with Crippen molar-refractivity contribution in [2.75, 3.05) is 10.6 Å². The summed E-state index contributed by atoms with van der Waals surface area (Å²) in [5.41, 5.74) is 2.27. The lowest BCUT2D eigenvalue weighted by Gasteiger charge is -2.22. The molecule has 6 nitrogen and oxygen atoms in total. The number of nitrogens with one attached hydrogen (secondary N) is 2. The molecule has 0 saturated heterocycles. The molecule has 2 aromatic carbocycles. The zero-order valence-corrected chi connectivity index (χ0v) is 16.6. The molecular weight excluding hydrogens is 366 g/mol. The smallest absolute Gasteiger partial charge is 0.322 e. The second-order valence-electron chi connectivity index (χ2n) is 7.08. The van der Waals surface area contributed by atoms with Crippen molar-refractivity contribution in [3.8, 4) is 0 Å². The molecule has 6 heteroatoms. The lowest BCUT2D eigenvalue weighted by molar-refractivity contribution is -0.118. The van der Waals surface area contributed by atoms with Gasteiger partial charge in [-0.25, -0.2) is 4.79 Å². The Balaban J connectivity index is 1.73. The van der Waals surface area contributed by atoms with Crippen LogP contribution in [0.5, 0.6) is 0 Å². The molecule has 3 aromatic rings. The minimum atomic E-state index is -0.252. The summed E-state index contributed by atoms with van der Waals surface area (Å²) in [5.74, 6) is 0.508. The van der Waals surface area contributed by atoms with Gasteiger partial charge in [0.05, 0.1) is 12.8 Å². The van der Waals surface area contributed by atoms with Gasteiger partial charge in [-0.1, -0.05) is 50.2 Å². The van der Waals surface area contributed by atoms with Crippen molar-refractivity contribution < 1.29 is 14.0 Å².